The Morgan fingerprint density at radius 3 is 0.800 bits per heavy atom. The third-order valence-electron chi connectivity index (χ3n) is 0. The average molecular weight is 86.2 g/mol. The summed E-state index contributed by atoms with van der Waals surface area (Å²) in [5.74, 6) is 0. The molecule has 4 heteroatoms. The normalized spacial score (nSPS) is 0. The van der Waals surface area contributed by atoms with Crippen molar-refractivity contribution in [3.63, 3.8) is 0 Å². The fourth-order valence-corrected chi connectivity index (χ4v) is 0. The molecule has 0 aliphatic rings. The minimum atomic E-state index is 0. The van der Waals surface area contributed by atoms with Crippen LogP contribution in [-0.2, 0) is 0 Å². The maximum Gasteiger partial charge on any atom is 2.00 e. The van der Waals surface area contributed by atoms with Gasteiger partial charge in [0.05, 0.1) is 0 Å². The molecular formula is CH7BMgO2. The molecule has 2 nitrogen and oxygen atoms in total. The molecule has 0 spiro atoms. The molecule has 28 valence electrons. The van der Waals surface area contributed by atoms with E-state index in [1.54, 1.807) is 0 Å². The molecule has 0 aromatic carbocycles. The first-order chi connectivity index (χ1) is 0. The molecule has 0 amide bonds. The minimum absolute atomic E-state index is 0. The summed E-state index contributed by atoms with van der Waals surface area (Å²) in [5.41, 5.74) is 0. The van der Waals surface area contributed by atoms with Gasteiger partial charge in [0.15, 0.2) is 0 Å². The summed E-state index contributed by atoms with van der Waals surface area (Å²) in [6, 6.07) is 0. The van der Waals surface area contributed by atoms with Crippen LogP contribution < -0.4 is 0 Å². The Hall–Kier alpha value is 0.751. The molecule has 0 heterocycles. The molecule has 0 fully saturated rings. The van der Waals surface area contributed by atoms with Gasteiger partial charge < -0.3 is 26.8 Å². The molecular weight excluding hydrogens is 79.1 g/mol. The summed E-state index contributed by atoms with van der Waals surface area (Å²) in [6.07, 6.45) is 0. The number of rotatable bonds is 0. The van der Waals surface area contributed by atoms with Gasteiger partial charge in [-0.05, 0) is 0 Å². The summed E-state index contributed by atoms with van der Waals surface area (Å²) in [7, 11) is 0. The first-order valence-electron chi connectivity index (χ1n) is 0. The van der Waals surface area contributed by atoms with E-state index in [1.807, 2.05) is 0 Å². The monoisotopic (exact) mass is 86.0 g/mol. The third-order valence-corrected chi connectivity index (χ3v) is 0. The molecule has 0 aliphatic carbocycles. The molecule has 0 rings (SSSR count). The Morgan fingerprint density at radius 2 is 0.800 bits per heavy atom. The molecule has 0 saturated carbocycles. The van der Waals surface area contributed by atoms with Gasteiger partial charge in [0.25, 0.3) is 0 Å². The molecule has 0 aliphatic heterocycles. The average Bonchev–Trinajstić information content (AvgIpc) is 0. The van der Waals surface area contributed by atoms with Gasteiger partial charge in [-0.2, -0.15) is 0 Å². The standard InChI is InChI=1S/CH3.B.Mg.2H2O/h1H3;;;2*1H2/q2*-1;+2;;. The SMILES string of the molecule is O.O.[B-].[CH3-].[Mg+2]. The van der Waals surface area contributed by atoms with Crippen LogP contribution in [-0.4, -0.2) is 42.4 Å². The van der Waals surface area contributed by atoms with Crippen LogP contribution in [0.2, 0.25) is 0 Å². The zero-order chi connectivity index (χ0) is 0. The second-order valence-electron chi connectivity index (χ2n) is 0. The largest absolute Gasteiger partial charge is 2.00 e. The molecule has 0 saturated heterocycles. The van der Waals surface area contributed by atoms with Crippen LogP contribution in [0.4, 0.5) is 0 Å². The molecule has 0 bridgehead atoms. The summed E-state index contributed by atoms with van der Waals surface area (Å²) >= 11 is 0. The van der Waals surface area contributed by atoms with E-state index in [4.69, 9.17) is 0 Å². The summed E-state index contributed by atoms with van der Waals surface area (Å²) < 4.78 is 0. The molecule has 0 atom stereocenters. The van der Waals surface area contributed by atoms with Gasteiger partial charge in [0.2, 0.25) is 0 Å². The maximum absolute atomic E-state index is 0. The first-order valence-corrected chi connectivity index (χ1v) is 0. The van der Waals surface area contributed by atoms with E-state index in [9.17, 15) is 0 Å². The van der Waals surface area contributed by atoms with Crippen LogP contribution in [0.15, 0.2) is 0 Å². The van der Waals surface area contributed by atoms with Crippen molar-refractivity contribution in [1.29, 1.82) is 0 Å². The van der Waals surface area contributed by atoms with Crippen molar-refractivity contribution in [3.8, 4) is 0 Å². The van der Waals surface area contributed by atoms with Gasteiger partial charge in [-0.25, -0.2) is 0 Å². The third kappa shape index (κ3) is 63.7. The van der Waals surface area contributed by atoms with Crippen LogP contribution in [0.5, 0.6) is 0 Å². The molecule has 4 radical (unpaired) electrons. The van der Waals surface area contributed by atoms with Gasteiger partial charge in [-0.3, -0.25) is 0 Å². The second-order valence-corrected chi connectivity index (χ2v) is 0. The van der Waals surface area contributed by atoms with Gasteiger partial charge in [0, 0.05) is 0 Å². The molecule has 0 unspecified atom stereocenters. The quantitative estimate of drug-likeness (QED) is 0.243. The zero-order valence-electron chi connectivity index (χ0n) is 3.28. The van der Waals surface area contributed by atoms with Crippen LogP contribution in [0.25, 0.3) is 0 Å². The smallest absolute Gasteiger partial charge is 1.00 e. The Bertz CT molecular complexity index is 9.61. The van der Waals surface area contributed by atoms with Crippen LogP contribution in [0.3, 0.4) is 0 Å². The van der Waals surface area contributed by atoms with Gasteiger partial charge >= 0.3 is 23.1 Å². The summed E-state index contributed by atoms with van der Waals surface area (Å²) in [6.45, 7) is 0. The topological polar surface area (TPSA) is 63.0 Å². The Balaban J connectivity index is 0. The van der Waals surface area contributed by atoms with Crippen molar-refractivity contribution < 1.29 is 11.0 Å². The van der Waals surface area contributed by atoms with E-state index in [-0.39, 0.29) is 49.8 Å². The Kier molecular flexibility index (Phi) is 5450. The van der Waals surface area contributed by atoms with Crippen molar-refractivity contribution >= 4 is 31.5 Å². The van der Waals surface area contributed by atoms with Gasteiger partial charge in [0.1, 0.15) is 0 Å². The van der Waals surface area contributed by atoms with Crippen molar-refractivity contribution in [3.05, 3.63) is 7.43 Å². The molecule has 4 N–H and O–H groups in total. The maximum atomic E-state index is 0. The Morgan fingerprint density at radius 1 is 0.800 bits per heavy atom. The van der Waals surface area contributed by atoms with Crippen LogP contribution >= 0.6 is 0 Å². The van der Waals surface area contributed by atoms with Crippen molar-refractivity contribution in [1.82, 2.24) is 0 Å². The van der Waals surface area contributed by atoms with Crippen LogP contribution in [0, 0.1) is 7.43 Å². The molecule has 0 aromatic rings. The van der Waals surface area contributed by atoms with Crippen molar-refractivity contribution in [2.45, 2.75) is 0 Å². The number of hydrogen-bond acceptors (Lipinski definition) is 0. The van der Waals surface area contributed by atoms with Crippen LogP contribution in [0.1, 0.15) is 0 Å². The van der Waals surface area contributed by atoms with E-state index in [0.717, 1.165) is 0 Å². The van der Waals surface area contributed by atoms with E-state index in [0.29, 0.717) is 0 Å². The van der Waals surface area contributed by atoms with Crippen molar-refractivity contribution in [2.24, 2.45) is 0 Å². The van der Waals surface area contributed by atoms with E-state index < -0.39 is 0 Å². The fraction of sp³-hybridized carbons (Fsp3) is 0. The Labute approximate surface area is 50.3 Å². The van der Waals surface area contributed by atoms with E-state index >= 15 is 0 Å². The number of hydrogen-bond donors (Lipinski definition) is 0. The van der Waals surface area contributed by atoms with Gasteiger partial charge in [-0.15, -0.1) is 0 Å². The van der Waals surface area contributed by atoms with E-state index in [2.05, 4.69) is 0 Å². The summed E-state index contributed by atoms with van der Waals surface area (Å²) in [4.78, 5) is 0. The summed E-state index contributed by atoms with van der Waals surface area (Å²) in [5, 5.41) is 0. The fourth-order valence-electron chi connectivity index (χ4n) is 0. The molecule has 0 aromatic heterocycles. The predicted octanol–water partition coefficient (Wildman–Crippen LogP) is -1.96. The first kappa shape index (κ1) is 230. The second kappa shape index (κ2) is 118. The zero-order valence-corrected chi connectivity index (χ0v) is 4.70. The van der Waals surface area contributed by atoms with Crippen molar-refractivity contribution in [2.75, 3.05) is 0 Å². The van der Waals surface area contributed by atoms with E-state index in [1.165, 1.54) is 0 Å². The molecule has 5 heavy (non-hydrogen) atoms. The minimum Gasteiger partial charge on any atom is -1.00 e. The van der Waals surface area contributed by atoms with Gasteiger partial charge in [-0.1, -0.05) is 0 Å². The predicted molar refractivity (Wildman–Crippen MR) is 25.1 cm³/mol.